The summed E-state index contributed by atoms with van der Waals surface area (Å²) in [5.74, 6) is 0. The highest BCUT2D eigenvalue weighted by atomic mass is 32.2. The molecule has 0 radical (unpaired) electrons. The van der Waals surface area contributed by atoms with Crippen molar-refractivity contribution in [2.45, 2.75) is 30.4 Å². The standard InChI is InChI=1S/C17H18N2O3S2/c18-11-14-4-1-7-17(10-14)24(20,21)19(12-15-5-2-8-22-15)13-16-6-3-9-23-16/h1,3-4,6-7,9-10,15H,2,5,8,12-13H2. The molecule has 24 heavy (non-hydrogen) atoms. The second-order valence-electron chi connectivity index (χ2n) is 5.65. The Kier molecular flexibility index (Phi) is 5.31. The van der Waals surface area contributed by atoms with Crippen molar-refractivity contribution in [3.63, 3.8) is 0 Å². The molecule has 1 fully saturated rings. The summed E-state index contributed by atoms with van der Waals surface area (Å²) in [5, 5.41) is 11.0. The summed E-state index contributed by atoms with van der Waals surface area (Å²) >= 11 is 1.53. The van der Waals surface area contributed by atoms with Crippen molar-refractivity contribution in [1.82, 2.24) is 4.31 Å². The third kappa shape index (κ3) is 3.84. The van der Waals surface area contributed by atoms with Gasteiger partial charge in [-0.05, 0) is 42.5 Å². The van der Waals surface area contributed by atoms with Crippen molar-refractivity contribution in [3.05, 3.63) is 52.2 Å². The van der Waals surface area contributed by atoms with Gasteiger partial charge in [0.25, 0.3) is 0 Å². The molecule has 0 bridgehead atoms. The Labute approximate surface area is 146 Å². The Morgan fingerprint density at radius 3 is 2.88 bits per heavy atom. The van der Waals surface area contributed by atoms with Gasteiger partial charge in [-0.3, -0.25) is 0 Å². The van der Waals surface area contributed by atoms with Crippen LogP contribution in [0.1, 0.15) is 23.3 Å². The molecule has 1 saturated heterocycles. The van der Waals surface area contributed by atoms with Gasteiger partial charge in [-0.15, -0.1) is 11.3 Å². The molecule has 3 rings (SSSR count). The minimum atomic E-state index is -3.69. The van der Waals surface area contributed by atoms with Gasteiger partial charge < -0.3 is 4.74 Å². The number of nitrogens with zero attached hydrogens (tertiary/aromatic N) is 2. The van der Waals surface area contributed by atoms with E-state index in [1.807, 2.05) is 23.6 Å². The van der Waals surface area contributed by atoms with Crippen molar-refractivity contribution < 1.29 is 13.2 Å². The van der Waals surface area contributed by atoms with Crippen molar-refractivity contribution in [1.29, 1.82) is 5.26 Å². The molecule has 7 heteroatoms. The Morgan fingerprint density at radius 2 is 2.21 bits per heavy atom. The first kappa shape index (κ1) is 17.1. The zero-order valence-corrected chi connectivity index (χ0v) is 14.7. The van der Waals surface area contributed by atoms with E-state index in [1.165, 1.54) is 27.8 Å². The van der Waals surface area contributed by atoms with E-state index in [1.54, 1.807) is 12.1 Å². The van der Waals surface area contributed by atoms with Crippen LogP contribution in [0.25, 0.3) is 0 Å². The predicted molar refractivity (Wildman–Crippen MR) is 92.0 cm³/mol. The normalized spacial score (nSPS) is 17.9. The van der Waals surface area contributed by atoms with Gasteiger partial charge in [-0.25, -0.2) is 8.42 Å². The number of hydrogen-bond acceptors (Lipinski definition) is 5. The Morgan fingerprint density at radius 1 is 1.33 bits per heavy atom. The fourth-order valence-electron chi connectivity index (χ4n) is 2.71. The van der Waals surface area contributed by atoms with E-state index < -0.39 is 10.0 Å². The van der Waals surface area contributed by atoms with Crippen LogP contribution in [0.5, 0.6) is 0 Å². The number of nitriles is 1. The van der Waals surface area contributed by atoms with Crippen LogP contribution in [-0.2, 0) is 21.3 Å². The fourth-order valence-corrected chi connectivity index (χ4v) is 5.01. The van der Waals surface area contributed by atoms with Gasteiger partial charge in [0.2, 0.25) is 10.0 Å². The van der Waals surface area contributed by atoms with Crippen LogP contribution in [-0.4, -0.2) is 32.0 Å². The highest BCUT2D eigenvalue weighted by Gasteiger charge is 2.29. The third-order valence-electron chi connectivity index (χ3n) is 3.94. The van der Waals surface area contributed by atoms with Crippen LogP contribution in [0.2, 0.25) is 0 Å². The molecule has 0 aliphatic carbocycles. The van der Waals surface area contributed by atoms with E-state index in [0.717, 1.165) is 17.7 Å². The van der Waals surface area contributed by atoms with E-state index in [2.05, 4.69) is 0 Å². The summed E-state index contributed by atoms with van der Waals surface area (Å²) in [6, 6.07) is 12.0. The van der Waals surface area contributed by atoms with E-state index in [9.17, 15) is 8.42 Å². The van der Waals surface area contributed by atoms with Crippen molar-refractivity contribution in [2.75, 3.05) is 13.2 Å². The zero-order chi connectivity index (χ0) is 17.0. The predicted octanol–water partition coefficient (Wildman–Crippen LogP) is 2.99. The molecule has 5 nitrogen and oxygen atoms in total. The molecule has 0 amide bonds. The lowest BCUT2D eigenvalue weighted by Gasteiger charge is -2.24. The average molecular weight is 362 g/mol. The van der Waals surface area contributed by atoms with Gasteiger partial charge >= 0.3 is 0 Å². The van der Waals surface area contributed by atoms with Crippen molar-refractivity contribution in [3.8, 4) is 6.07 Å². The van der Waals surface area contributed by atoms with Gasteiger partial charge in [0, 0.05) is 24.6 Å². The largest absolute Gasteiger partial charge is 0.377 e. The molecule has 0 N–H and O–H groups in total. The highest BCUT2D eigenvalue weighted by Crippen LogP contribution is 2.24. The lowest BCUT2D eigenvalue weighted by Crippen LogP contribution is -2.36. The molecule has 1 aromatic carbocycles. The highest BCUT2D eigenvalue weighted by molar-refractivity contribution is 7.89. The van der Waals surface area contributed by atoms with Gasteiger partial charge in [-0.1, -0.05) is 12.1 Å². The second-order valence-corrected chi connectivity index (χ2v) is 8.62. The van der Waals surface area contributed by atoms with Crippen LogP contribution in [0.4, 0.5) is 0 Å². The maximum Gasteiger partial charge on any atom is 0.243 e. The summed E-state index contributed by atoms with van der Waals surface area (Å²) in [6.07, 6.45) is 1.76. The molecule has 1 atom stereocenters. The quantitative estimate of drug-likeness (QED) is 0.792. The molecule has 2 heterocycles. The summed E-state index contributed by atoms with van der Waals surface area (Å²) in [6.45, 7) is 1.33. The lowest BCUT2D eigenvalue weighted by molar-refractivity contribution is 0.0927. The molecule has 1 aliphatic rings. The zero-order valence-electron chi connectivity index (χ0n) is 13.1. The van der Waals surface area contributed by atoms with Gasteiger partial charge in [0.1, 0.15) is 0 Å². The first-order valence-electron chi connectivity index (χ1n) is 7.74. The van der Waals surface area contributed by atoms with Crippen LogP contribution >= 0.6 is 11.3 Å². The van der Waals surface area contributed by atoms with Gasteiger partial charge in [-0.2, -0.15) is 9.57 Å². The molecule has 1 aliphatic heterocycles. The number of hydrogen-bond donors (Lipinski definition) is 0. The number of ether oxygens (including phenoxy) is 1. The number of thiophene rings is 1. The van der Waals surface area contributed by atoms with Crippen LogP contribution in [0, 0.1) is 11.3 Å². The van der Waals surface area contributed by atoms with Gasteiger partial charge in [0.05, 0.1) is 22.6 Å². The minimum Gasteiger partial charge on any atom is -0.377 e. The molecule has 0 saturated carbocycles. The molecular formula is C17H18N2O3S2. The number of sulfonamides is 1. The van der Waals surface area contributed by atoms with Crippen molar-refractivity contribution in [2.24, 2.45) is 0 Å². The summed E-state index contributed by atoms with van der Waals surface area (Å²) < 4.78 is 33.2. The van der Waals surface area contributed by atoms with E-state index in [4.69, 9.17) is 10.00 Å². The summed E-state index contributed by atoms with van der Waals surface area (Å²) in [7, 11) is -3.69. The van der Waals surface area contributed by atoms with E-state index in [-0.39, 0.29) is 11.0 Å². The molecular weight excluding hydrogens is 344 g/mol. The van der Waals surface area contributed by atoms with Crippen LogP contribution in [0.15, 0.2) is 46.7 Å². The maximum absolute atomic E-state index is 13.1. The van der Waals surface area contributed by atoms with Gasteiger partial charge in [0.15, 0.2) is 0 Å². The first-order valence-corrected chi connectivity index (χ1v) is 10.1. The average Bonchev–Trinajstić information content (AvgIpc) is 3.28. The molecule has 2 aromatic rings. The molecule has 126 valence electrons. The smallest absolute Gasteiger partial charge is 0.243 e. The number of rotatable bonds is 6. The fraction of sp³-hybridized carbons (Fsp3) is 0.353. The lowest BCUT2D eigenvalue weighted by atomic mass is 10.2. The third-order valence-corrected chi connectivity index (χ3v) is 6.61. The summed E-state index contributed by atoms with van der Waals surface area (Å²) in [5.41, 5.74) is 0.337. The minimum absolute atomic E-state index is 0.0705. The maximum atomic E-state index is 13.1. The SMILES string of the molecule is N#Cc1cccc(S(=O)(=O)N(Cc2cccs2)CC2CCCO2)c1. The van der Waals surface area contributed by atoms with Crippen LogP contribution in [0.3, 0.4) is 0 Å². The summed E-state index contributed by atoms with van der Waals surface area (Å²) in [4.78, 5) is 1.13. The Hall–Kier alpha value is -1.72. The second kappa shape index (κ2) is 7.45. The first-order chi connectivity index (χ1) is 11.6. The molecule has 1 unspecified atom stereocenters. The topological polar surface area (TPSA) is 70.4 Å². The molecule has 0 spiro atoms. The number of benzene rings is 1. The molecule has 1 aromatic heterocycles. The van der Waals surface area contributed by atoms with Crippen molar-refractivity contribution >= 4 is 21.4 Å². The Balaban J connectivity index is 1.90. The monoisotopic (exact) mass is 362 g/mol. The van der Waals surface area contributed by atoms with Crippen LogP contribution < -0.4 is 0 Å². The van der Waals surface area contributed by atoms with E-state index in [0.29, 0.717) is 25.3 Å². The Bertz CT molecular complexity index is 820. The van der Waals surface area contributed by atoms with E-state index >= 15 is 0 Å².